The number of carbonyl (C=O) groups is 1. The normalized spacial score (nSPS) is 15.6. The summed E-state index contributed by atoms with van der Waals surface area (Å²) in [6.45, 7) is 3.56. The Balaban J connectivity index is 1.54. The van der Waals surface area contributed by atoms with Gasteiger partial charge in [-0.25, -0.2) is 4.79 Å². The SMILES string of the molecule is CCOC(=O)N1CCC(Nc2nn3nnnc3c3ccccc23)CC1. The van der Waals surface area contributed by atoms with Crippen LogP contribution in [0.3, 0.4) is 0 Å². The Hall–Kier alpha value is -2.97. The number of tetrazole rings is 1. The van der Waals surface area contributed by atoms with Gasteiger partial charge in [0.25, 0.3) is 0 Å². The lowest BCUT2D eigenvalue weighted by Crippen LogP contribution is -2.42. The number of ether oxygens (including phenoxy) is 1. The van der Waals surface area contributed by atoms with Crippen molar-refractivity contribution in [3.8, 4) is 0 Å². The lowest BCUT2D eigenvalue weighted by atomic mass is 10.0. The molecule has 0 bridgehead atoms. The lowest BCUT2D eigenvalue weighted by molar-refractivity contribution is 0.0983. The van der Waals surface area contributed by atoms with Crippen LogP contribution in [0.25, 0.3) is 16.4 Å². The summed E-state index contributed by atoms with van der Waals surface area (Å²) in [5, 5.41) is 21.6. The minimum atomic E-state index is -0.236. The molecule has 0 aliphatic carbocycles. The summed E-state index contributed by atoms with van der Waals surface area (Å²) in [6.07, 6.45) is 1.44. The summed E-state index contributed by atoms with van der Waals surface area (Å²) in [7, 11) is 0. The molecule has 1 saturated heterocycles. The molecular weight excluding hydrogens is 322 g/mol. The number of piperidine rings is 1. The molecule has 4 rings (SSSR count). The predicted octanol–water partition coefficient (Wildman–Crippen LogP) is 1.71. The average Bonchev–Trinajstić information content (AvgIpc) is 3.11. The van der Waals surface area contributed by atoms with Crippen LogP contribution in [0.2, 0.25) is 0 Å². The molecule has 3 aromatic rings. The van der Waals surface area contributed by atoms with Gasteiger partial charge < -0.3 is 15.0 Å². The second kappa shape index (κ2) is 6.50. The van der Waals surface area contributed by atoms with Crippen molar-refractivity contribution in [3.05, 3.63) is 24.3 Å². The standard InChI is InChI=1S/C16H19N7O2/c1-2-25-16(24)22-9-7-11(8-10-22)17-14-12-5-3-4-6-13(12)15-18-20-21-23(15)19-14/h3-6,11H,2,7-10H2,1H3,(H,17,19). The first-order valence-electron chi connectivity index (χ1n) is 8.41. The molecule has 0 radical (unpaired) electrons. The number of hydrogen-bond donors (Lipinski definition) is 1. The molecule has 130 valence electrons. The van der Waals surface area contributed by atoms with Crippen LogP contribution in [-0.4, -0.2) is 62.0 Å². The van der Waals surface area contributed by atoms with E-state index in [1.807, 2.05) is 31.2 Å². The van der Waals surface area contributed by atoms with Crippen LogP contribution in [0.4, 0.5) is 10.6 Å². The molecule has 3 heterocycles. The van der Waals surface area contributed by atoms with Crippen LogP contribution >= 0.6 is 0 Å². The van der Waals surface area contributed by atoms with Gasteiger partial charge >= 0.3 is 6.09 Å². The van der Waals surface area contributed by atoms with Crippen molar-refractivity contribution >= 4 is 28.3 Å². The molecule has 25 heavy (non-hydrogen) atoms. The minimum absolute atomic E-state index is 0.232. The number of likely N-dealkylation sites (tertiary alicyclic amines) is 1. The summed E-state index contributed by atoms with van der Waals surface area (Å²) in [4.78, 5) is 13.5. The van der Waals surface area contributed by atoms with Gasteiger partial charge in [-0.15, -0.1) is 14.8 Å². The monoisotopic (exact) mass is 341 g/mol. The van der Waals surface area contributed by atoms with Crippen molar-refractivity contribution in [2.45, 2.75) is 25.8 Å². The van der Waals surface area contributed by atoms with Gasteiger partial charge in [0, 0.05) is 29.9 Å². The number of fused-ring (bicyclic) bond motifs is 3. The molecule has 0 spiro atoms. The van der Waals surface area contributed by atoms with E-state index in [0.29, 0.717) is 25.3 Å². The zero-order chi connectivity index (χ0) is 17.2. The number of hydrogen-bond acceptors (Lipinski definition) is 7. The molecular formula is C16H19N7O2. The van der Waals surface area contributed by atoms with Gasteiger partial charge in [-0.05, 0) is 30.2 Å². The molecule has 0 saturated carbocycles. The highest BCUT2D eigenvalue weighted by molar-refractivity contribution is 5.99. The number of carbonyl (C=O) groups excluding carboxylic acids is 1. The molecule has 1 N–H and O–H groups in total. The van der Waals surface area contributed by atoms with Gasteiger partial charge in [-0.1, -0.05) is 24.3 Å². The zero-order valence-corrected chi connectivity index (χ0v) is 13.9. The van der Waals surface area contributed by atoms with Gasteiger partial charge in [0.05, 0.1) is 6.61 Å². The van der Waals surface area contributed by atoms with Gasteiger partial charge in [0.2, 0.25) is 5.65 Å². The number of amides is 1. The molecule has 2 aromatic heterocycles. The summed E-state index contributed by atoms with van der Waals surface area (Å²) >= 11 is 0. The summed E-state index contributed by atoms with van der Waals surface area (Å²) < 4.78 is 6.50. The highest BCUT2D eigenvalue weighted by Gasteiger charge is 2.24. The number of aromatic nitrogens is 5. The van der Waals surface area contributed by atoms with Crippen LogP contribution in [0, 0.1) is 0 Å². The Morgan fingerprint density at radius 2 is 2.04 bits per heavy atom. The van der Waals surface area contributed by atoms with Crippen LogP contribution in [0.5, 0.6) is 0 Å². The third kappa shape index (κ3) is 2.92. The fraction of sp³-hybridized carbons (Fsp3) is 0.438. The number of nitrogens with one attached hydrogen (secondary N) is 1. The van der Waals surface area contributed by atoms with E-state index in [0.717, 1.165) is 29.4 Å². The van der Waals surface area contributed by atoms with Crippen molar-refractivity contribution in [2.75, 3.05) is 25.0 Å². The fourth-order valence-electron chi connectivity index (χ4n) is 3.17. The van der Waals surface area contributed by atoms with Gasteiger partial charge in [-0.3, -0.25) is 0 Å². The third-order valence-electron chi connectivity index (χ3n) is 4.43. The van der Waals surface area contributed by atoms with Crippen molar-refractivity contribution in [2.24, 2.45) is 0 Å². The summed E-state index contributed by atoms with van der Waals surface area (Å²) in [6, 6.07) is 8.15. The highest BCUT2D eigenvalue weighted by atomic mass is 16.6. The Morgan fingerprint density at radius 1 is 1.28 bits per heavy atom. The van der Waals surface area contributed by atoms with E-state index in [4.69, 9.17) is 4.74 Å². The number of benzene rings is 1. The Morgan fingerprint density at radius 3 is 2.80 bits per heavy atom. The maximum atomic E-state index is 11.8. The van der Waals surface area contributed by atoms with E-state index in [-0.39, 0.29) is 12.1 Å². The first-order chi connectivity index (χ1) is 12.3. The van der Waals surface area contributed by atoms with Crippen molar-refractivity contribution in [1.82, 2.24) is 30.2 Å². The van der Waals surface area contributed by atoms with Gasteiger partial charge in [0.15, 0.2) is 5.82 Å². The zero-order valence-electron chi connectivity index (χ0n) is 13.9. The second-order valence-electron chi connectivity index (χ2n) is 5.99. The minimum Gasteiger partial charge on any atom is -0.450 e. The highest BCUT2D eigenvalue weighted by Crippen LogP contribution is 2.25. The van der Waals surface area contributed by atoms with Gasteiger partial charge in [0.1, 0.15) is 0 Å². The summed E-state index contributed by atoms with van der Waals surface area (Å²) in [5.74, 6) is 0.755. The Bertz CT molecular complexity index is 902. The smallest absolute Gasteiger partial charge is 0.409 e. The lowest BCUT2D eigenvalue weighted by Gasteiger charge is -2.32. The van der Waals surface area contributed by atoms with E-state index in [9.17, 15) is 4.79 Å². The van der Waals surface area contributed by atoms with E-state index in [2.05, 4.69) is 25.9 Å². The third-order valence-corrected chi connectivity index (χ3v) is 4.43. The van der Waals surface area contributed by atoms with Crippen molar-refractivity contribution < 1.29 is 9.53 Å². The van der Waals surface area contributed by atoms with Crippen LogP contribution in [-0.2, 0) is 4.74 Å². The molecule has 1 fully saturated rings. The molecule has 1 aromatic carbocycles. The van der Waals surface area contributed by atoms with E-state index in [1.165, 1.54) is 4.63 Å². The molecule has 9 nitrogen and oxygen atoms in total. The first-order valence-corrected chi connectivity index (χ1v) is 8.41. The van der Waals surface area contributed by atoms with Crippen LogP contribution in [0.1, 0.15) is 19.8 Å². The van der Waals surface area contributed by atoms with Crippen molar-refractivity contribution in [1.29, 1.82) is 0 Å². The molecule has 0 atom stereocenters. The Labute approximate surface area is 143 Å². The molecule has 0 unspecified atom stereocenters. The van der Waals surface area contributed by atoms with Crippen molar-refractivity contribution in [3.63, 3.8) is 0 Å². The van der Waals surface area contributed by atoms with Crippen LogP contribution < -0.4 is 5.32 Å². The van der Waals surface area contributed by atoms with E-state index < -0.39 is 0 Å². The fourth-order valence-corrected chi connectivity index (χ4v) is 3.17. The topological polar surface area (TPSA) is 97.5 Å². The predicted molar refractivity (Wildman–Crippen MR) is 91.3 cm³/mol. The van der Waals surface area contributed by atoms with Gasteiger partial charge in [-0.2, -0.15) is 0 Å². The average molecular weight is 341 g/mol. The number of rotatable bonds is 3. The van der Waals surface area contributed by atoms with E-state index in [1.54, 1.807) is 4.90 Å². The van der Waals surface area contributed by atoms with E-state index >= 15 is 0 Å². The molecule has 1 aliphatic rings. The number of anilines is 1. The molecule has 9 heteroatoms. The molecule has 1 amide bonds. The first kappa shape index (κ1) is 15.6. The van der Waals surface area contributed by atoms with Crippen LogP contribution in [0.15, 0.2) is 24.3 Å². The quantitative estimate of drug-likeness (QED) is 0.774. The maximum absolute atomic E-state index is 11.8. The second-order valence-corrected chi connectivity index (χ2v) is 5.99. The number of nitrogens with zero attached hydrogens (tertiary/aromatic N) is 6. The Kier molecular flexibility index (Phi) is 4.04. The maximum Gasteiger partial charge on any atom is 0.409 e. The molecule has 1 aliphatic heterocycles. The summed E-state index contributed by atoms with van der Waals surface area (Å²) in [5.41, 5.74) is 0.637. The largest absolute Gasteiger partial charge is 0.450 e.